The molecule has 0 bridgehead atoms. The fraction of sp³-hybridized carbons (Fsp3) is 0.889. The summed E-state index contributed by atoms with van der Waals surface area (Å²) >= 11 is 5.23. The van der Waals surface area contributed by atoms with Crippen LogP contribution in [-0.4, -0.2) is 10.5 Å². The Labute approximate surface area is 75.6 Å². The average molecular weight is 173 g/mol. The molecule has 0 aromatic heterocycles. The Bertz CT molecular complexity index is 148. The van der Waals surface area contributed by atoms with Crippen molar-refractivity contribution in [1.82, 2.24) is 5.32 Å². The molecule has 0 saturated heterocycles. The lowest BCUT2D eigenvalue weighted by atomic mass is 9.95. The van der Waals surface area contributed by atoms with Gasteiger partial charge >= 0.3 is 0 Å². The fourth-order valence-electron chi connectivity index (χ4n) is 0.528. The van der Waals surface area contributed by atoms with Crippen molar-refractivity contribution >= 4 is 17.2 Å². The van der Waals surface area contributed by atoms with E-state index >= 15 is 0 Å². The topological polar surface area (TPSA) is 12.0 Å². The van der Waals surface area contributed by atoms with Gasteiger partial charge in [0.15, 0.2) is 0 Å². The zero-order chi connectivity index (χ0) is 9.28. The summed E-state index contributed by atoms with van der Waals surface area (Å²) < 4.78 is 0. The molecular weight excluding hydrogens is 154 g/mol. The molecule has 0 atom stereocenters. The maximum atomic E-state index is 5.23. The summed E-state index contributed by atoms with van der Waals surface area (Å²) in [7, 11) is 0. The number of hydrogen-bond donors (Lipinski definition) is 1. The lowest BCUT2D eigenvalue weighted by Gasteiger charge is -2.29. The van der Waals surface area contributed by atoms with Crippen molar-refractivity contribution in [3.63, 3.8) is 0 Å². The first kappa shape index (κ1) is 10.9. The molecule has 0 aliphatic carbocycles. The molecule has 0 unspecified atom stereocenters. The van der Waals surface area contributed by atoms with Gasteiger partial charge in [-0.15, -0.1) is 0 Å². The van der Waals surface area contributed by atoms with Crippen molar-refractivity contribution in [1.29, 1.82) is 0 Å². The average Bonchev–Trinajstić information content (AvgIpc) is 1.56. The van der Waals surface area contributed by atoms with Crippen LogP contribution in [0.1, 0.15) is 41.5 Å². The molecule has 66 valence electrons. The standard InChI is InChI=1S/C9H19NS/c1-8(2,3)7(11)10-9(4,5)6/h1-6H3,(H,10,11). The smallest absolute Gasteiger partial charge is 0.0811 e. The molecule has 11 heavy (non-hydrogen) atoms. The highest BCUT2D eigenvalue weighted by Crippen LogP contribution is 2.16. The fourth-order valence-corrected chi connectivity index (χ4v) is 0.834. The SMILES string of the molecule is CC(C)(C)NC(=S)C(C)(C)C. The van der Waals surface area contributed by atoms with E-state index in [0.29, 0.717) is 0 Å². The summed E-state index contributed by atoms with van der Waals surface area (Å²) in [5, 5.41) is 3.29. The van der Waals surface area contributed by atoms with Gasteiger partial charge in [-0.2, -0.15) is 0 Å². The summed E-state index contributed by atoms with van der Waals surface area (Å²) in [5.41, 5.74) is 0.174. The molecule has 0 aliphatic rings. The van der Waals surface area contributed by atoms with Crippen molar-refractivity contribution < 1.29 is 0 Å². The molecule has 0 aromatic carbocycles. The van der Waals surface area contributed by atoms with Gasteiger partial charge in [-0.3, -0.25) is 0 Å². The van der Waals surface area contributed by atoms with E-state index in [2.05, 4.69) is 46.9 Å². The molecule has 0 radical (unpaired) electrons. The minimum atomic E-state index is 0.0859. The van der Waals surface area contributed by atoms with Crippen LogP contribution in [0.3, 0.4) is 0 Å². The number of thiocarbonyl (C=S) groups is 1. The highest BCUT2D eigenvalue weighted by molar-refractivity contribution is 7.80. The van der Waals surface area contributed by atoms with E-state index in [1.165, 1.54) is 0 Å². The van der Waals surface area contributed by atoms with Gasteiger partial charge in [0.2, 0.25) is 0 Å². The molecule has 0 rings (SSSR count). The predicted octanol–water partition coefficient (Wildman–Crippen LogP) is 2.75. The monoisotopic (exact) mass is 173 g/mol. The van der Waals surface area contributed by atoms with Gasteiger partial charge in [0.1, 0.15) is 0 Å². The minimum absolute atomic E-state index is 0.0859. The summed E-state index contributed by atoms with van der Waals surface area (Å²) in [5.74, 6) is 0. The van der Waals surface area contributed by atoms with E-state index < -0.39 is 0 Å². The summed E-state index contributed by atoms with van der Waals surface area (Å²) in [6, 6.07) is 0. The van der Waals surface area contributed by atoms with Gasteiger partial charge in [0.05, 0.1) is 4.99 Å². The van der Waals surface area contributed by atoms with Crippen LogP contribution < -0.4 is 5.32 Å². The Morgan fingerprint density at radius 2 is 1.36 bits per heavy atom. The van der Waals surface area contributed by atoms with Gasteiger partial charge in [0.25, 0.3) is 0 Å². The Morgan fingerprint density at radius 1 is 1.00 bits per heavy atom. The van der Waals surface area contributed by atoms with Crippen LogP contribution in [0.15, 0.2) is 0 Å². The van der Waals surface area contributed by atoms with E-state index in [1.807, 2.05) is 0 Å². The van der Waals surface area contributed by atoms with E-state index in [1.54, 1.807) is 0 Å². The molecule has 0 fully saturated rings. The largest absolute Gasteiger partial charge is 0.375 e. The third kappa shape index (κ3) is 5.19. The van der Waals surface area contributed by atoms with Crippen LogP contribution in [0.25, 0.3) is 0 Å². The van der Waals surface area contributed by atoms with Crippen molar-refractivity contribution in [2.24, 2.45) is 5.41 Å². The molecule has 2 heteroatoms. The number of hydrogen-bond acceptors (Lipinski definition) is 1. The molecule has 0 aliphatic heterocycles. The van der Waals surface area contributed by atoms with Crippen molar-refractivity contribution in [2.75, 3.05) is 0 Å². The summed E-state index contributed by atoms with van der Waals surface area (Å²) in [4.78, 5) is 0.935. The first-order valence-corrected chi connectivity index (χ1v) is 4.36. The first-order valence-electron chi connectivity index (χ1n) is 3.95. The second-order valence-corrected chi connectivity index (χ2v) is 5.36. The van der Waals surface area contributed by atoms with Crippen LogP contribution in [0.4, 0.5) is 0 Å². The lowest BCUT2D eigenvalue weighted by molar-refractivity contribution is 0.474. The summed E-state index contributed by atoms with van der Waals surface area (Å²) in [6.07, 6.45) is 0. The van der Waals surface area contributed by atoms with E-state index in [9.17, 15) is 0 Å². The molecule has 0 amide bonds. The minimum Gasteiger partial charge on any atom is -0.375 e. The molecule has 1 nitrogen and oxygen atoms in total. The van der Waals surface area contributed by atoms with Crippen LogP contribution >= 0.6 is 12.2 Å². The maximum absolute atomic E-state index is 5.23. The van der Waals surface area contributed by atoms with E-state index in [0.717, 1.165) is 4.99 Å². The van der Waals surface area contributed by atoms with Gasteiger partial charge < -0.3 is 5.32 Å². The van der Waals surface area contributed by atoms with Gasteiger partial charge in [-0.1, -0.05) is 33.0 Å². The van der Waals surface area contributed by atoms with Gasteiger partial charge in [-0.25, -0.2) is 0 Å². The van der Waals surface area contributed by atoms with Gasteiger partial charge in [-0.05, 0) is 20.8 Å². The van der Waals surface area contributed by atoms with E-state index in [-0.39, 0.29) is 11.0 Å². The molecule has 0 aromatic rings. The predicted molar refractivity (Wildman–Crippen MR) is 54.9 cm³/mol. The van der Waals surface area contributed by atoms with Crippen LogP contribution in [-0.2, 0) is 0 Å². The second kappa shape index (κ2) is 3.10. The van der Waals surface area contributed by atoms with Crippen LogP contribution in [0.5, 0.6) is 0 Å². The normalized spacial score (nSPS) is 12.9. The highest BCUT2D eigenvalue weighted by Gasteiger charge is 2.21. The highest BCUT2D eigenvalue weighted by atomic mass is 32.1. The molecule has 0 saturated carbocycles. The second-order valence-electron chi connectivity index (χ2n) is 4.95. The Hall–Kier alpha value is -0.110. The summed E-state index contributed by atoms with van der Waals surface area (Å²) in [6.45, 7) is 12.7. The van der Waals surface area contributed by atoms with E-state index in [4.69, 9.17) is 12.2 Å². The molecule has 0 heterocycles. The third-order valence-corrected chi connectivity index (χ3v) is 1.88. The first-order chi connectivity index (χ1) is 4.63. The number of rotatable bonds is 0. The molecule has 0 spiro atoms. The zero-order valence-electron chi connectivity index (χ0n) is 8.41. The van der Waals surface area contributed by atoms with Crippen molar-refractivity contribution in [3.8, 4) is 0 Å². The lowest BCUT2D eigenvalue weighted by Crippen LogP contribution is -2.44. The van der Waals surface area contributed by atoms with Crippen molar-refractivity contribution in [3.05, 3.63) is 0 Å². The Kier molecular flexibility index (Phi) is 3.06. The quantitative estimate of drug-likeness (QED) is 0.565. The Balaban J connectivity index is 4.11. The number of nitrogens with one attached hydrogen (secondary N) is 1. The molecular formula is C9H19NS. The van der Waals surface area contributed by atoms with Gasteiger partial charge in [0, 0.05) is 11.0 Å². The van der Waals surface area contributed by atoms with Crippen LogP contribution in [0.2, 0.25) is 0 Å². The van der Waals surface area contributed by atoms with Crippen molar-refractivity contribution in [2.45, 2.75) is 47.1 Å². The maximum Gasteiger partial charge on any atom is 0.0811 e. The third-order valence-electron chi connectivity index (χ3n) is 1.17. The Morgan fingerprint density at radius 3 is 1.45 bits per heavy atom. The zero-order valence-corrected chi connectivity index (χ0v) is 9.22. The van der Waals surface area contributed by atoms with Crippen LogP contribution in [0, 0.1) is 5.41 Å². The molecule has 1 N–H and O–H groups in total.